The summed E-state index contributed by atoms with van der Waals surface area (Å²) in [4.78, 5) is 40.3. The summed E-state index contributed by atoms with van der Waals surface area (Å²) in [5.74, 6) is -1.30. The molecule has 0 spiro atoms. The van der Waals surface area contributed by atoms with Gasteiger partial charge in [-0.2, -0.15) is 5.26 Å². The minimum Gasteiger partial charge on any atom is -0.324 e. The lowest BCUT2D eigenvalue weighted by atomic mass is 9.85. The molecular weight excluding hydrogens is 431 g/mol. The molecule has 2 aromatic rings. The van der Waals surface area contributed by atoms with Gasteiger partial charge in [-0.1, -0.05) is 44.0 Å². The lowest BCUT2D eigenvalue weighted by Crippen LogP contribution is -2.44. The number of rotatable bonds is 9. The monoisotopic (exact) mass is 454 g/mol. The number of hydrogen-bond acceptors (Lipinski definition) is 5. The Morgan fingerprint density at radius 3 is 2.62 bits per heavy atom. The van der Waals surface area contributed by atoms with E-state index in [0.717, 1.165) is 11.3 Å². The van der Waals surface area contributed by atoms with Crippen molar-refractivity contribution in [2.45, 2.75) is 36.6 Å². The van der Waals surface area contributed by atoms with Gasteiger partial charge >= 0.3 is 6.03 Å². The largest absolute Gasteiger partial charge is 0.325 e. The Bertz CT molecular complexity index is 1050. The lowest BCUT2D eigenvalue weighted by molar-refractivity contribution is -0.134. The number of nitriles is 1. The maximum Gasteiger partial charge on any atom is 0.325 e. The number of nitrogens with one attached hydrogen (secondary N) is 2. The van der Waals surface area contributed by atoms with Crippen molar-refractivity contribution in [3.63, 3.8) is 0 Å². The zero-order chi connectivity index (χ0) is 23.1. The molecule has 0 aromatic heterocycles. The summed E-state index contributed by atoms with van der Waals surface area (Å²) >= 11 is 1.27. The molecule has 7 nitrogen and oxygen atoms in total. The Balaban J connectivity index is 1.80. The van der Waals surface area contributed by atoms with Gasteiger partial charge in [0.1, 0.15) is 17.9 Å². The molecule has 0 bridgehead atoms. The van der Waals surface area contributed by atoms with Gasteiger partial charge in [-0.05, 0) is 36.2 Å². The number of hydrogen-bond donors (Lipinski definition) is 2. The van der Waals surface area contributed by atoms with Crippen LogP contribution in [0.2, 0.25) is 0 Å². The maximum absolute atomic E-state index is 13.4. The number of thioether (sulfide) groups is 1. The predicted octanol–water partition coefficient (Wildman–Crippen LogP) is 4.02. The Labute approximate surface area is 190 Å². The van der Waals surface area contributed by atoms with Crippen molar-refractivity contribution in [1.29, 1.82) is 5.26 Å². The second-order valence-corrected chi connectivity index (χ2v) is 8.35. The Hall–Kier alpha value is -3.38. The van der Waals surface area contributed by atoms with E-state index in [1.165, 1.54) is 36.0 Å². The molecule has 0 radical (unpaired) electrons. The normalized spacial score (nSPS) is 17.7. The van der Waals surface area contributed by atoms with Crippen molar-refractivity contribution >= 4 is 35.3 Å². The highest BCUT2D eigenvalue weighted by Gasteiger charge is 2.52. The molecular formula is C23H23FN4O3S. The van der Waals surface area contributed by atoms with E-state index in [-0.39, 0.29) is 5.75 Å². The van der Waals surface area contributed by atoms with Gasteiger partial charge in [0.05, 0.1) is 17.5 Å². The van der Waals surface area contributed by atoms with Gasteiger partial charge in [-0.3, -0.25) is 14.5 Å². The molecule has 2 N–H and O–H groups in total. The number of unbranched alkanes of at least 4 members (excludes halogenated alkanes) is 1. The number of benzene rings is 2. The fraction of sp³-hybridized carbons (Fsp3) is 0.304. The number of carbonyl (C=O) groups is 3. The molecule has 1 heterocycles. The topological polar surface area (TPSA) is 102 Å². The van der Waals surface area contributed by atoms with Gasteiger partial charge < -0.3 is 10.6 Å². The van der Waals surface area contributed by atoms with E-state index in [1.807, 2.05) is 13.0 Å². The number of halogens is 1. The highest BCUT2D eigenvalue weighted by molar-refractivity contribution is 7.99. The highest BCUT2D eigenvalue weighted by atomic mass is 32.2. The number of imide groups is 1. The van der Waals surface area contributed by atoms with Gasteiger partial charge in [-0.25, -0.2) is 9.18 Å². The first kappa shape index (κ1) is 23.3. The van der Waals surface area contributed by atoms with Crippen LogP contribution in [0.25, 0.3) is 0 Å². The van der Waals surface area contributed by atoms with Gasteiger partial charge in [0.15, 0.2) is 0 Å². The third kappa shape index (κ3) is 4.92. The molecule has 1 aliphatic heterocycles. The molecule has 4 amide bonds. The van der Waals surface area contributed by atoms with Crippen LogP contribution in [0.4, 0.5) is 14.9 Å². The average molecular weight is 455 g/mol. The minimum atomic E-state index is -1.33. The molecule has 0 aliphatic carbocycles. The van der Waals surface area contributed by atoms with Crippen LogP contribution >= 0.6 is 11.8 Å². The van der Waals surface area contributed by atoms with Crippen LogP contribution in [-0.4, -0.2) is 35.0 Å². The van der Waals surface area contributed by atoms with E-state index in [1.54, 1.807) is 24.3 Å². The zero-order valence-electron chi connectivity index (χ0n) is 17.6. The first-order valence-electron chi connectivity index (χ1n) is 10.2. The van der Waals surface area contributed by atoms with Gasteiger partial charge in [-0.15, -0.1) is 11.8 Å². The van der Waals surface area contributed by atoms with Crippen LogP contribution < -0.4 is 10.6 Å². The fourth-order valence-corrected chi connectivity index (χ4v) is 4.26. The smallest absolute Gasteiger partial charge is 0.324 e. The predicted molar refractivity (Wildman–Crippen MR) is 119 cm³/mol. The summed E-state index contributed by atoms with van der Waals surface area (Å²) in [6, 6.07) is 13.8. The molecule has 2 aromatic carbocycles. The van der Waals surface area contributed by atoms with Gasteiger partial charge in [0, 0.05) is 4.90 Å². The fourth-order valence-electron chi connectivity index (χ4n) is 3.59. The number of para-hydroxylation sites is 1. The molecule has 3 rings (SSSR count). The molecule has 166 valence electrons. The summed E-state index contributed by atoms with van der Waals surface area (Å²) < 4.78 is 13.4. The number of carbonyl (C=O) groups excluding carboxylic acids is 3. The molecule has 1 unspecified atom stereocenters. The van der Waals surface area contributed by atoms with E-state index in [0.29, 0.717) is 29.0 Å². The second-order valence-electron chi connectivity index (χ2n) is 7.33. The van der Waals surface area contributed by atoms with Crippen molar-refractivity contribution in [2.75, 3.05) is 17.6 Å². The Morgan fingerprint density at radius 1 is 1.22 bits per heavy atom. The van der Waals surface area contributed by atoms with E-state index in [2.05, 4.69) is 10.6 Å². The molecule has 9 heteroatoms. The summed E-state index contributed by atoms with van der Waals surface area (Å²) in [6.07, 6.45) is 1.79. The summed E-state index contributed by atoms with van der Waals surface area (Å²) in [6.45, 7) is 1.50. The second kappa shape index (κ2) is 10.3. The van der Waals surface area contributed by atoms with Gasteiger partial charge in [0.25, 0.3) is 5.91 Å². The summed E-state index contributed by atoms with van der Waals surface area (Å²) in [5, 5.41) is 14.3. The van der Waals surface area contributed by atoms with Crippen molar-refractivity contribution in [3.05, 3.63) is 59.9 Å². The third-order valence-corrected chi connectivity index (χ3v) is 6.11. The van der Waals surface area contributed by atoms with Crippen LogP contribution in [-0.2, 0) is 15.1 Å². The third-order valence-electron chi connectivity index (χ3n) is 5.17. The highest BCUT2D eigenvalue weighted by Crippen LogP contribution is 2.34. The summed E-state index contributed by atoms with van der Waals surface area (Å²) in [7, 11) is 0. The molecule has 1 fully saturated rings. The van der Waals surface area contributed by atoms with Crippen molar-refractivity contribution < 1.29 is 18.8 Å². The Kier molecular flexibility index (Phi) is 7.49. The first-order valence-corrected chi connectivity index (χ1v) is 11.2. The average Bonchev–Trinajstić information content (AvgIpc) is 3.02. The molecule has 1 saturated heterocycles. The standard InChI is InChI=1S/C23H23FN4O3S/c1-2-3-12-23(16-8-10-17(24)11-9-16)21(30)28(22(31)27-23)15-20(29)26-18-6-4-5-7-19(18)32-14-13-25/h4-11H,2-3,12,14-15H2,1H3,(H,26,29)(H,27,31). The first-order chi connectivity index (χ1) is 15.4. The number of nitrogens with zero attached hydrogens (tertiary/aromatic N) is 2. The number of anilines is 1. The quantitative estimate of drug-likeness (QED) is 0.440. The van der Waals surface area contributed by atoms with Crippen molar-refractivity contribution in [3.8, 4) is 6.07 Å². The number of urea groups is 1. The van der Waals surface area contributed by atoms with E-state index in [4.69, 9.17) is 5.26 Å². The van der Waals surface area contributed by atoms with Crippen LogP contribution in [0.1, 0.15) is 31.7 Å². The molecule has 1 aliphatic rings. The van der Waals surface area contributed by atoms with Crippen molar-refractivity contribution in [1.82, 2.24) is 10.2 Å². The molecule has 32 heavy (non-hydrogen) atoms. The van der Waals surface area contributed by atoms with Crippen LogP contribution in [0, 0.1) is 17.1 Å². The van der Waals surface area contributed by atoms with E-state index < -0.39 is 35.7 Å². The van der Waals surface area contributed by atoms with E-state index >= 15 is 0 Å². The SMILES string of the molecule is CCCCC1(c2ccc(F)cc2)NC(=O)N(CC(=O)Nc2ccccc2SCC#N)C1=O. The molecule has 0 saturated carbocycles. The minimum absolute atomic E-state index is 0.220. The van der Waals surface area contributed by atoms with Crippen molar-refractivity contribution in [2.24, 2.45) is 0 Å². The number of amides is 4. The Morgan fingerprint density at radius 2 is 1.94 bits per heavy atom. The van der Waals surface area contributed by atoms with E-state index in [9.17, 15) is 18.8 Å². The van der Waals surface area contributed by atoms with Gasteiger partial charge in [0.2, 0.25) is 5.91 Å². The molecule has 1 atom stereocenters. The maximum atomic E-state index is 13.4. The van der Waals surface area contributed by atoms with Crippen LogP contribution in [0.5, 0.6) is 0 Å². The summed E-state index contributed by atoms with van der Waals surface area (Å²) in [5.41, 5.74) is -0.353. The van der Waals surface area contributed by atoms with Crippen LogP contribution in [0.15, 0.2) is 53.4 Å². The zero-order valence-corrected chi connectivity index (χ0v) is 18.4. The lowest BCUT2D eigenvalue weighted by Gasteiger charge is -2.27. The van der Waals surface area contributed by atoms with Crippen LogP contribution in [0.3, 0.4) is 0 Å².